The van der Waals surface area contributed by atoms with Crippen molar-refractivity contribution in [2.45, 2.75) is 25.8 Å². The Morgan fingerprint density at radius 1 is 1.50 bits per heavy atom. The smallest absolute Gasteiger partial charge is 0.146 e. The highest BCUT2D eigenvalue weighted by Gasteiger charge is 2.31. The van der Waals surface area contributed by atoms with E-state index >= 15 is 0 Å². The summed E-state index contributed by atoms with van der Waals surface area (Å²) in [7, 11) is 1.69. The van der Waals surface area contributed by atoms with Gasteiger partial charge in [-0.05, 0) is 37.3 Å². The van der Waals surface area contributed by atoms with Gasteiger partial charge in [0.15, 0.2) is 0 Å². The fourth-order valence-corrected chi connectivity index (χ4v) is 1.97. The molecule has 1 aliphatic rings. The predicted molar refractivity (Wildman–Crippen MR) is 63.1 cm³/mol. The molecule has 0 saturated heterocycles. The van der Waals surface area contributed by atoms with Gasteiger partial charge in [-0.3, -0.25) is 0 Å². The van der Waals surface area contributed by atoms with Gasteiger partial charge in [0.2, 0.25) is 0 Å². The van der Waals surface area contributed by atoms with Crippen LogP contribution in [-0.2, 0) is 4.74 Å². The van der Waals surface area contributed by atoms with Gasteiger partial charge in [-0.1, -0.05) is 12.1 Å². The van der Waals surface area contributed by atoms with Crippen LogP contribution in [0.25, 0.3) is 0 Å². The van der Waals surface area contributed by atoms with Crippen LogP contribution in [0.15, 0.2) is 18.2 Å². The number of benzene rings is 1. The highest BCUT2D eigenvalue weighted by molar-refractivity contribution is 5.52. The Morgan fingerprint density at radius 3 is 2.81 bits per heavy atom. The minimum atomic E-state index is -0.179. The molecule has 1 aromatic carbocycles. The first-order valence-electron chi connectivity index (χ1n) is 5.73. The molecular formula is C13H18FNO. The summed E-state index contributed by atoms with van der Waals surface area (Å²) in [6.45, 7) is 2.56. The Labute approximate surface area is 95.8 Å². The summed E-state index contributed by atoms with van der Waals surface area (Å²) in [6, 6.07) is 5.38. The Bertz CT molecular complexity index is 343. The van der Waals surface area contributed by atoms with Gasteiger partial charge in [-0.2, -0.15) is 0 Å². The topological polar surface area (TPSA) is 21.3 Å². The Hall–Kier alpha value is -1.09. The number of rotatable bonds is 5. The summed E-state index contributed by atoms with van der Waals surface area (Å²) in [5, 5.41) is 3.28. The van der Waals surface area contributed by atoms with Crippen LogP contribution in [0, 0.1) is 18.7 Å². The van der Waals surface area contributed by atoms with Crippen LogP contribution in [0.1, 0.15) is 18.4 Å². The maximum atomic E-state index is 13.6. The third-order valence-electron chi connectivity index (χ3n) is 3.09. The van der Waals surface area contributed by atoms with Crippen LogP contribution in [0.4, 0.5) is 10.1 Å². The highest BCUT2D eigenvalue weighted by Crippen LogP contribution is 2.35. The summed E-state index contributed by atoms with van der Waals surface area (Å²) >= 11 is 0. The van der Waals surface area contributed by atoms with Gasteiger partial charge in [-0.15, -0.1) is 0 Å². The lowest BCUT2D eigenvalue weighted by Gasteiger charge is -2.20. The van der Waals surface area contributed by atoms with Crippen LogP contribution >= 0.6 is 0 Å². The van der Waals surface area contributed by atoms with Crippen molar-refractivity contribution in [1.82, 2.24) is 0 Å². The molecule has 1 aliphatic carbocycles. The molecule has 1 aromatic rings. The fraction of sp³-hybridized carbons (Fsp3) is 0.538. The van der Waals surface area contributed by atoms with Crippen LogP contribution < -0.4 is 5.32 Å². The van der Waals surface area contributed by atoms with E-state index in [1.165, 1.54) is 18.9 Å². The highest BCUT2D eigenvalue weighted by atomic mass is 19.1. The van der Waals surface area contributed by atoms with Crippen molar-refractivity contribution in [3.8, 4) is 0 Å². The molecule has 3 heteroatoms. The van der Waals surface area contributed by atoms with Gasteiger partial charge in [0.05, 0.1) is 18.3 Å². The van der Waals surface area contributed by atoms with Crippen LogP contribution in [0.3, 0.4) is 0 Å². The van der Waals surface area contributed by atoms with E-state index < -0.39 is 0 Å². The van der Waals surface area contributed by atoms with Gasteiger partial charge in [0.1, 0.15) is 5.82 Å². The quantitative estimate of drug-likeness (QED) is 0.828. The summed E-state index contributed by atoms with van der Waals surface area (Å²) < 4.78 is 18.8. The van der Waals surface area contributed by atoms with Crippen molar-refractivity contribution in [2.75, 3.05) is 19.0 Å². The summed E-state index contributed by atoms with van der Waals surface area (Å²) in [6.07, 6.45) is 2.43. The third-order valence-corrected chi connectivity index (χ3v) is 3.09. The van der Waals surface area contributed by atoms with Crippen molar-refractivity contribution in [2.24, 2.45) is 5.92 Å². The second kappa shape index (κ2) is 4.83. The minimum absolute atomic E-state index is 0.179. The lowest BCUT2D eigenvalue weighted by atomic mass is 10.1. The maximum absolute atomic E-state index is 13.6. The zero-order chi connectivity index (χ0) is 11.5. The third kappa shape index (κ3) is 2.53. The van der Waals surface area contributed by atoms with E-state index in [1.54, 1.807) is 13.2 Å². The minimum Gasteiger partial charge on any atom is -0.383 e. The van der Waals surface area contributed by atoms with Crippen LogP contribution in [0.5, 0.6) is 0 Å². The molecule has 0 bridgehead atoms. The number of anilines is 1. The molecule has 2 nitrogen and oxygen atoms in total. The second-order valence-electron chi connectivity index (χ2n) is 4.48. The van der Waals surface area contributed by atoms with E-state index in [1.807, 2.05) is 13.0 Å². The average molecular weight is 223 g/mol. The Kier molecular flexibility index (Phi) is 3.44. The van der Waals surface area contributed by atoms with Gasteiger partial charge in [-0.25, -0.2) is 4.39 Å². The molecule has 0 heterocycles. The number of nitrogens with one attached hydrogen (secondary N) is 1. The molecule has 0 amide bonds. The van der Waals surface area contributed by atoms with Crippen LogP contribution in [-0.4, -0.2) is 19.8 Å². The average Bonchev–Trinajstić information content (AvgIpc) is 3.06. The van der Waals surface area contributed by atoms with Crippen molar-refractivity contribution in [1.29, 1.82) is 0 Å². The fourth-order valence-electron chi connectivity index (χ4n) is 1.97. The molecular weight excluding hydrogens is 205 g/mol. The summed E-state index contributed by atoms with van der Waals surface area (Å²) in [4.78, 5) is 0. The molecule has 2 rings (SSSR count). The Morgan fingerprint density at radius 2 is 2.25 bits per heavy atom. The van der Waals surface area contributed by atoms with E-state index in [4.69, 9.17) is 4.74 Å². The normalized spacial score (nSPS) is 17.2. The molecule has 0 spiro atoms. The molecule has 1 atom stereocenters. The SMILES string of the molecule is COCC(Nc1c(C)cccc1F)C1CC1. The Balaban J connectivity index is 2.11. The number of hydrogen-bond acceptors (Lipinski definition) is 2. The van der Waals surface area contributed by atoms with Crippen molar-refractivity contribution < 1.29 is 9.13 Å². The van der Waals surface area contributed by atoms with E-state index in [2.05, 4.69) is 5.32 Å². The molecule has 1 saturated carbocycles. The van der Waals surface area contributed by atoms with E-state index in [-0.39, 0.29) is 11.9 Å². The van der Waals surface area contributed by atoms with Gasteiger partial charge >= 0.3 is 0 Å². The molecule has 1 fully saturated rings. The van der Waals surface area contributed by atoms with Crippen LogP contribution in [0.2, 0.25) is 0 Å². The number of para-hydroxylation sites is 1. The number of methoxy groups -OCH3 is 1. The lowest BCUT2D eigenvalue weighted by Crippen LogP contribution is -2.28. The number of aryl methyl sites for hydroxylation is 1. The van der Waals surface area contributed by atoms with Gasteiger partial charge < -0.3 is 10.1 Å². The second-order valence-corrected chi connectivity index (χ2v) is 4.48. The predicted octanol–water partition coefficient (Wildman–Crippen LogP) is 2.97. The number of halogens is 1. The number of hydrogen-bond donors (Lipinski definition) is 1. The first-order valence-corrected chi connectivity index (χ1v) is 5.73. The molecule has 0 aliphatic heterocycles. The largest absolute Gasteiger partial charge is 0.383 e. The maximum Gasteiger partial charge on any atom is 0.146 e. The van der Waals surface area contributed by atoms with E-state index in [0.717, 1.165) is 5.56 Å². The summed E-state index contributed by atoms with van der Waals surface area (Å²) in [5.74, 6) is 0.459. The standard InChI is InChI=1S/C13H18FNO/c1-9-4-3-5-11(14)13(9)15-12(8-16-2)10-6-7-10/h3-5,10,12,15H,6-8H2,1-2H3. The van der Waals surface area contributed by atoms with Gasteiger partial charge in [0, 0.05) is 7.11 Å². The molecule has 16 heavy (non-hydrogen) atoms. The molecule has 0 radical (unpaired) electrons. The lowest BCUT2D eigenvalue weighted by molar-refractivity contribution is 0.179. The van der Waals surface area contributed by atoms with Crippen molar-refractivity contribution >= 4 is 5.69 Å². The molecule has 1 N–H and O–H groups in total. The first-order chi connectivity index (χ1) is 7.72. The zero-order valence-corrected chi connectivity index (χ0v) is 9.79. The monoisotopic (exact) mass is 223 g/mol. The molecule has 0 aromatic heterocycles. The first kappa shape index (κ1) is 11.4. The number of ether oxygens (including phenoxy) is 1. The van der Waals surface area contributed by atoms with E-state index in [9.17, 15) is 4.39 Å². The van der Waals surface area contributed by atoms with Crippen molar-refractivity contribution in [3.05, 3.63) is 29.6 Å². The van der Waals surface area contributed by atoms with Crippen molar-refractivity contribution in [3.63, 3.8) is 0 Å². The zero-order valence-electron chi connectivity index (χ0n) is 9.79. The molecule has 1 unspecified atom stereocenters. The summed E-state index contributed by atoms with van der Waals surface area (Å²) in [5.41, 5.74) is 1.57. The molecule has 88 valence electrons. The van der Waals surface area contributed by atoms with Gasteiger partial charge in [0.25, 0.3) is 0 Å². The van der Waals surface area contributed by atoms with E-state index in [0.29, 0.717) is 18.2 Å².